The summed E-state index contributed by atoms with van der Waals surface area (Å²) in [7, 11) is 0. The summed E-state index contributed by atoms with van der Waals surface area (Å²) in [5, 5.41) is 13.4. The van der Waals surface area contributed by atoms with Crippen LogP contribution in [0.1, 0.15) is 11.7 Å². The summed E-state index contributed by atoms with van der Waals surface area (Å²) in [6, 6.07) is -1.04. The number of aromatic nitrogens is 2. The van der Waals surface area contributed by atoms with E-state index in [4.69, 9.17) is 10.8 Å². The van der Waals surface area contributed by atoms with Crippen LogP contribution in [0.25, 0.3) is 0 Å². The van der Waals surface area contributed by atoms with Gasteiger partial charge in [0.2, 0.25) is 0 Å². The van der Waals surface area contributed by atoms with Gasteiger partial charge in [0.05, 0.1) is 0 Å². The monoisotopic (exact) mass is 159 g/mol. The Labute approximate surface area is 60.6 Å². The predicted octanol–water partition coefficient (Wildman–Crippen LogP) is -0.377. The standard InChI is InChI=1S/C4H5N3O2S/c5-3(4(8)9)2-1-10-7-6-2/h1,3H,5H2,(H,8,9)/t3-/m0/s1. The number of rotatable bonds is 2. The van der Waals surface area contributed by atoms with E-state index in [2.05, 4.69) is 9.59 Å². The molecule has 0 saturated carbocycles. The molecule has 1 heterocycles. The number of carboxylic acid groups (broad SMARTS) is 1. The Kier molecular flexibility index (Phi) is 1.93. The Hall–Kier alpha value is -1.01. The minimum atomic E-state index is -1.09. The molecule has 5 nitrogen and oxygen atoms in total. The van der Waals surface area contributed by atoms with Crippen LogP contribution in [0, 0.1) is 0 Å². The van der Waals surface area contributed by atoms with Crippen molar-refractivity contribution in [1.82, 2.24) is 9.59 Å². The highest BCUT2D eigenvalue weighted by molar-refractivity contribution is 7.03. The van der Waals surface area contributed by atoms with E-state index in [9.17, 15) is 4.79 Å². The number of carboxylic acids is 1. The molecule has 0 unspecified atom stereocenters. The van der Waals surface area contributed by atoms with Crippen molar-refractivity contribution in [2.75, 3.05) is 0 Å². The van der Waals surface area contributed by atoms with Crippen molar-refractivity contribution in [2.45, 2.75) is 6.04 Å². The molecule has 6 heteroatoms. The average Bonchev–Trinajstić information content (AvgIpc) is 2.36. The summed E-state index contributed by atoms with van der Waals surface area (Å²) in [5.74, 6) is -1.09. The highest BCUT2D eigenvalue weighted by atomic mass is 32.1. The number of hydrogen-bond acceptors (Lipinski definition) is 5. The van der Waals surface area contributed by atoms with Gasteiger partial charge in [-0.15, -0.1) is 5.10 Å². The largest absolute Gasteiger partial charge is 0.480 e. The first-order chi connectivity index (χ1) is 4.72. The summed E-state index contributed by atoms with van der Waals surface area (Å²) < 4.78 is 3.47. The topological polar surface area (TPSA) is 89.1 Å². The van der Waals surface area contributed by atoms with Gasteiger partial charge in [-0.3, -0.25) is 4.79 Å². The normalized spacial score (nSPS) is 12.9. The molecular weight excluding hydrogens is 154 g/mol. The van der Waals surface area contributed by atoms with E-state index >= 15 is 0 Å². The first-order valence-electron chi connectivity index (χ1n) is 2.47. The Morgan fingerprint density at radius 2 is 2.60 bits per heavy atom. The molecule has 0 aliphatic rings. The minimum absolute atomic E-state index is 0.303. The van der Waals surface area contributed by atoms with E-state index in [1.807, 2.05) is 0 Å². The summed E-state index contributed by atoms with van der Waals surface area (Å²) in [6.45, 7) is 0. The fourth-order valence-electron chi connectivity index (χ4n) is 0.434. The smallest absolute Gasteiger partial charge is 0.326 e. The van der Waals surface area contributed by atoms with E-state index in [1.165, 1.54) is 5.38 Å². The fraction of sp³-hybridized carbons (Fsp3) is 0.250. The van der Waals surface area contributed by atoms with Crippen LogP contribution >= 0.6 is 11.5 Å². The lowest BCUT2D eigenvalue weighted by atomic mass is 10.2. The van der Waals surface area contributed by atoms with E-state index in [1.54, 1.807) is 0 Å². The number of hydrogen-bond donors (Lipinski definition) is 2. The molecule has 0 aliphatic carbocycles. The maximum absolute atomic E-state index is 10.2. The summed E-state index contributed by atoms with van der Waals surface area (Å²) in [5.41, 5.74) is 5.49. The number of carbonyl (C=O) groups is 1. The molecule has 0 aromatic carbocycles. The molecule has 54 valence electrons. The van der Waals surface area contributed by atoms with E-state index in [0.29, 0.717) is 5.69 Å². The number of nitrogens with two attached hydrogens (primary N) is 1. The van der Waals surface area contributed by atoms with Gasteiger partial charge in [-0.1, -0.05) is 4.49 Å². The Morgan fingerprint density at radius 3 is 3.00 bits per heavy atom. The van der Waals surface area contributed by atoms with Crippen molar-refractivity contribution in [3.63, 3.8) is 0 Å². The maximum Gasteiger partial charge on any atom is 0.326 e. The first kappa shape index (κ1) is 7.10. The van der Waals surface area contributed by atoms with Crippen molar-refractivity contribution in [1.29, 1.82) is 0 Å². The van der Waals surface area contributed by atoms with Gasteiger partial charge in [0, 0.05) is 5.38 Å². The molecule has 0 aliphatic heterocycles. The second kappa shape index (κ2) is 2.72. The fourth-order valence-corrected chi connectivity index (χ4v) is 0.924. The van der Waals surface area contributed by atoms with Crippen molar-refractivity contribution < 1.29 is 9.90 Å². The molecule has 0 amide bonds. The van der Waals surface area contributed by atoms with Crippen LogP contribution in [0.15, 0.2) is 5.38 Å². The van der Waals surface area contributed by atoms with Gasteiger partial charge in [0.25, 0.3) is 0 Å². The van der Waals surface area contributed by atoms with Gasteiger partial charge in [0.15, 0.2) is 0 Å². The van der Waals surface area contributed by atoms with Crippen molar-refractivity contribution >= 4 is 17.5 Å². The van der Waals surface area contributed by atoms with E-state index in [-0.39, 0.29) is 0 Å². The van der Waals surface area contributed by atoms with Crippen molar-refractivity contribution in [2.24, 2.45) is 5.73 Å². The number of aliphatic carboxylic acids is 1. The molecule has 1 aromatic rings. The molecule has 0 saturated heterocycles. The molecule has 10 heavy (non-hydrogen) atoms. The van der Waals surface area contributed by atoms with Gasteiger partial charge in [-0.05, 0) is 11.5 Å². The number of nitrogens with zero attached hydrogens (tertiary/aromatic N) is 2. The van der Waals surface area contributed by atoms with Crippen LogP contribution in [-0.4, -0.2) is 20.7 Å². The van der Waals surface area contributed by atoms with Crippen LogP contribution in [0.4, 0.5) is 0 Å². The molecule has 0 spiro atoms. The molecule has 0 radical (unpaired) electrons. The van der Waals surface area contributed by atoms with Crippen LogP contribution < -0.4 is 5.73 Å². The van der Waals surface area contributed by atoms with Gasteiger partial charge in [-0.2, -0.15) is 0 Å². The zero-order valence-electron chi connectivity index (χ0n) is 4.89. The summed E-state index contributed by atoms with van der Waals surface area (Å²) in [4.78, 5) is 10.2. The van der Waals surface area contributed by atoms with Crippen LogP contribution in [-0.2, 0) is 4.79 Å². The van der Waals surface area contributed by atoms with E-state index < -0.39 is 12.0 Å². The van der Waals surface area contributed by atoms with Crippen molar-refractivity contribution in [3.8, 4) is 0 Å². The van der Waals surface area contributed by atoms with Crippen LogP contribution in [0.3, 0.4) is 0 Å². The molecule has 1 aromatic heterocycles. The lowest BCUT2D eigenvalue weighted by Crippen LogP contribution is -2.20. The lowest BCUT2D eigenvalue weighted by Gasteiger charge is -1.97. The van der Waals surface area contributed by atoms with Gasteiger partial charge < -0.3 is 10.8 Å². The molecule has 0 fully saturated rings. The molecule has 1 atom stereocenters. The van der Waals surface area contributed by atoms with Crippen LogP contribution in [0.2, 0.25) is 0 Å². The second-order valence-electron chi connectivity index (χ2n) is 1.65. The van der Waals surface area contributed by atoms with Gasteiger partial charge in [0.1, 0.15) is 11.7 Å². The zero-order valence-corrected chi connectivity index (χ0v) is 5.71. The zero-order chi connectivity index (χ0) is 7.56. The van der Waals surface area contributed by atoms with Gasteiger partial charge in [-0.25, -0.2) is 0 Å². The average molecular weight is 159 g/mol. The Balaban J connectivity index is 2.77. The maximum atomic E-state index is 10.2. The third kappa shape index (κ3) is 1.28. The molecule has 1 rings (SSSR count). The summed E-state index contributed by atoms with van der Waals surface area (Å²) >= 11 is 1.08. The highest BCUT2D eigenvalue weighted by Crippen LogP contribution is 2.06. The third-order valence-electron chi connectivity index (χ3n) is 0.962. The quantitative estimate of drug-likeness (QED) is 0.614. The van der Waals surface area contributed by atoms with Crippen molar-refractivity contribution in [3.05, 3.63) is 11.1 Å². The van der Waals surface area contributed by atoms with Gasteiger partial charge >= 0.3 is 5.97 Å². The highest BCUT2D eigenvalue weighted by Gasteiger charge is 2.15. The minimum Gasteiger partial charge on any atom is -0.480 e. The molecule has 0 bridgehead atoms. The predicted molar refractivity (Wildman–Crippen MR) is 34.5 cm³/mol. The first-order valence-corrected chi connectivity index (χ1v) is 3.31. The van der Waals surface area contributed by atoms with E-state index in [0.717, 1.165) is 11.5 Å². The Bertz CT molecular complexity index is 222. The summed E-state index contributed by atoms with van der Waals surface area (Å²) in [6.07, 6.45) is 0. The third-order valence-corrected chi connectivity index (χ3v) is 1.48. The van der Waals surface area contributed by atoms with Crippen LogP contribution in [0.5, 0.6) is 0 Å². The second-order valence-corrected chi connectivity index (χ2v) is 2.26. The lowest BCUT2D eigenvalue weighted by molar-refractivity contribution is -0.138. The Morgan fingerprint density at radius 1 is 1.90 bits per heavy atom. The molecule has 3 N–H and O–H groups in total. The molecular formula is C4H5N3O2S. The SMILES string of the molecule is N[C@H](C(=O)O)c1csnn1.